The third-order valence-electron chi connectivity index (χ3n) is 4.03. The Kier molecular flexibility index (Phi) is 5.38. The molecule has 0 spiro atoms. The number of rotatable bonds is 6. The lowest BCUT2D eigenvalue weighted by Gasteiger charge is -2.13. The molecule has 0 bridgehead atoms. The SMILES string of the molecule is C=S(=O)(NC)c1cccc(Nc2ncc(C)c(-c3ccncc3OC)n2)c1. The molecule has 0 saturated heterocycles. The van der Waals surface area contributed by atoms with Crippen molar-refractivity contribution in [3.63, 3.8) is 0 Å². The largest absolute Gasteiger partial charge is 0.494 e. The van der Waals surface area contributed by atoms with Crippen LogP contribution in [-0.2, 0) is 9.71 Å². The van der Waals surface area contributed by atoms with Crippen molar-refractivity contribution >= 4 is 27.2 Å². The Hall–Kier alpha value is -2.97. The number of hydrogen-bond donors (Lipinski definition) is 2. The molecule has 2 heterocycles. The van der Waals surface area contributed by atoms with Gasteiger partial charge in [0.2, 0.25) is 5.95 Å². The van der Waals surface area contributed by atoms with Crippen molar-refractivity contribution < 1.29 is 8.95 Å². The lowest BCUT2D eigenvalue weighted by Crippen LogP contribution is -2.18. The number of anilines is 2. The van der Waals surface area contributed by atoms with Crippen LogP contribution >= 0.6 is 0 Å². The molecule has 3 aromatic rings. The van der Waals surface area contributed by atoms with Crippen LogP contribution in [-0.4, -0.2) is 39.2 Å². The van der Waals surface area contributed by atoms with E-state index in [1.807, 2.05) is 19.1 Å². The molecule has 7 nitrogen and oxygen atoms in total. The van der Waals surface area contributed by atoms with Crippen LogP contribution < -0.4 is 14.8 Å². The van der Waals surface area contributed by atoms with Crippen molar-refractivity contribution in [2.75, 3.05) is 19.5 Å². The van der Waals surface area contributed by atoms with E-state index in [4.69, 9.17) is 4.74 Å². The highest BCUT2D eigenvalue weighted by Gasteiger charge is 2.12. The van der Waals surface area contributed by atoms with E-state index < -0.39 is 9.71 Å². The van der Waals surface area contributed by atoms with Gasteiger partial charge in [0.05, 0.1) is 28.7 Å². The van der Waals surface area contributed by atoms with Crippen molar-refractivity contribution in [1.82, 2.24) is 19.7 Å². The molecule has 140 valence electrons. The first-order valence-electron chi connectivity index (χ1n) is 8.19. The van der Waals surface area contributed by atoms with Gasteiger partial charge >= 0.3 is 0 Å². The average Bonchev–Trinajstić information content (AvgIpc) is 2.69. The Morgan fingerprint density at radius 3 is 2.78 bits per heavy atom. The van der Waals surface area contributed by atoms with Crippen molar-refractivity contribution in [3.05, 3.63) is 54.5 Å². The summed E-state index contributed by atoms with van der Waals surface area (Å²) in [5, 5.41) is 3.16. The fourth-order valence-corrected chi connectivity index (χ4v) is 3.39. The first-order valence-corrected chi connectivity index (χ1v) is 9.92. The number of nitrogens with one attached hydrogen (secondary N) is 2. The van der Waals surface area contributed by atoms with Gasteiger partial charge in [-0.15, -0.1) is 0 Å². The molecule has 2 aromatic heterocycles. The van der Waals surface area contributed by atoms with Crippen molar-refractivity contribution in [3.8, 4) is 17.0 Å². The van der Waals surface area contributed by atoms with E-state index in [1.54, 1.807) is 50.9 Å². The fraction of sp³-hybridized carbons (Fsp3) is 0.158. The molecule has 27 heavy (non-hydrogen) atoms. The number of aromatic nitrogens is 3. The smallest absolute Gasteiger partial charge is 0.227 e. The van der Waals surface area contributed by atoms with E-state index in [0.717, 1.165) is 22.5 Å². The molecule has 1 aromatic carbocycles. The number of aryl methyl sites for hydroxylation is 1. The molecule has 0 saturated carbocycles. The number of ether oxygens (including phenoxy) is 1. The lowest BCUT2D eigenvalue weighted by molar-refractivity contribution is 0.414. The third-order valence-corrected chi connectivity index (χ3v) is 5.71. The highest BCUT2D eigenvalue weighted by Crippen LogP contribution is 2.30. The summed E-state index contributed by atoms with van der Waals surface area (Å²) < 4.78 is 20.5. The summed E-state index contributed by atoms with van der Waals surface area (Å²) in [7, 11) is 0.681. The number of methoxy groups -OCH3 is 1. The van der Waals surface area contributed by atoms with E-state index in [2.05, 4.69) is 30.9 Å². The Labute approximate surface area is 159 Å². The van der Waals surface area contributed by atoms with Crippen LogP contribution in [0.1, 0.15) is 5.56 Å². The fourth-order valence-electron chi connectivity index (χ4n) is 2.54. The Bertz CT molecular complexity index is 1070. The van der Waals surface area contributed by atoms with Crippen LogP contribution in [0.15, 0.2) is 53.8 Å². The second-order valence-corrected chi connectivity index (χ2v) is 8.06. The molecule has 0 radical (unpaired) electrons. The van der Waals surface area contributed by atoms with Crippen LogP contribution in [0.4, 0.5) is 11.6 Å². The summed E-state index contributed by atoms with van der Waals surface area (Å²) in [6.45, 7) is 1.93. The maximum Gasteiger partial charge on any atom is 0.227 e. The maximum atomic E-state index is 12.4. The molecule has 0 aliphatic rings. The van der Waals surface area contributed by atoms with Crippen molar-refractivity contribution in [1.29, 1.82) is 0 Å². The summed E-state index contributed by atoms with van der Waals surface area (Å²) in [5.74, 6) is 4.79. The highest BCUT2D eigenvalue weighted by atomic mass is 32.2. The first-order chi connectivity index (χ1) is 12.9. The number of pyridine rings is 1. The van der Waals surface area contributed by atoms with Gasteiger partial charge in [-0.2, -0.15) is 0 Å². The Morgan fingerprint density at radius 1 is 1.22 bits per heavy atom. The third kappa shape index (κ3) is 4.07. The van der Waals surface area contributed by atoms with Gasteiger partial charge in [0.15, 0.2) is 0 Å². The van der Waals surface area contributed by atoms with Crippen LogP contribution in [0, 0.1) is 6.92 Å². The van der Waals surface area contributed by atoms with Gasteiger partial charge in [0, 0.05) is 28.5 Å². The average molecular weight is 383 g/mol. The Morgan fingerprint density at radius 2 is 2.04 bits per heavy atom. The van der Waals surface area contributed by atoms with Crippen LogP contribution in [0.25, 0.3) is 11.3 Å². The van der Waals surface area contributed by atoms with Gasteiger partial charge < -0.3 is 10.1 Å². The van der Waals surface area contributed by atoms with Crippen LogP contribution in [0.2, 0.25) is 0 Å². The Balaban J connectivity index is 1.97. The van der Waals surface area contributed by atoms with E-state index in [1.165, 1.54) is 0 Å². The molecular weight excluding hydrogens is 362 g/mol. The van der Waals surface area contributed by atoms with Gasteiger partial charge in [-0.25, -0.2) is 18.9 Å². The zero-order chi connectivity index (χ0) is 19.4. The zero-order valence-corrected chi connectivity index (χ0v) is 16.2. The molecule has 1 atom stereocenters. The van der Waals surface area contributed by atoms with Crippen LogP contribution in [0.5, 0.6) is 5.75 Å². The second-order valence-electron chi connectivity index (χ2n) is 5.83. The molecule has 0 aliphatic heterocycles. The molecule has 2 N–H and O–H groups in total. The summed E-state index contributed by atoms with van der Waals surface area (Å²) in [5.41, 5.74) is 3.21. The summed E-state index contributed by atoms with van der Waals surface area (Å²) in [4.78, 5) is 13.6. The van der Waals surface area contributed by atoms with Gasteiger partial charge in [-0.05, 0) is 49.7 Å². The van der Waals surface area contributed by atoms with Crippen molar-refractivity contribution in [2.24, 2.45) is 0 Å². The number of benzene rings is 1. The van der Waals surface area contributed by atoms with Gasteiger partial charge in [-0.1, -0.05) is 6.07 Å². The predicted molar refractivity (Wildman–Crippen MR) is 109 cm³/mol. The van der Waals surface area contributed by atoms with Crippen molar-refractivity contribution in [2.45, 2.75) is 11.8 Å². The quantitative estimate of drug-likeness (QED) is 0.636. The topological polar surface area (TPSA) is 89.0 Å². The zero-order valence-electron chi connectivity index (χ0n) is 15.4. The standard InChI is InChI=1S/C19H21N5O2S/c1-13-11-22-19(24-18(13)16-8-9-21-12-17(16)26-3)23-14-6-5-7-15(10-14)27(4,25)20-2/h5-12H,4H2,1-3H3,(H,20,25)(H,22,23,24). The molecule has 1 unspecified atom stereocenters. The minimum atomic E-state index is -2.53. The van der Waals surface area contributed by atoms with Gasteiger partial charge in [-0.3, -0.25) is 4.98 Å². The molecule has 0 amide bonds. The van der Waals surface area contributed by atoms with Crippen LogP contribution in [0.3, 0.4) is 0 Å². The minimum Gasteiger partial charge on any atom is -0.494 e. The normalized spacial score (nSPS) is 13.0. The summed E-state index contributed by atoms with van der Waals surface area (Å²) in [6.07, 6.45) is 5.08. The van der Waals surface area contributed by atoms with E-state index in [-0.39, 0.29) is 0 Å². The first kappa shape index (κ1) is 18.8. The lowest BCUT2D eigenvalue weighted by atomic mass is 10.1. The van der Waals surface area contributed by atoms with Gasteiger partial charge in [0.1, 0.15) is 5.75 Å². The molecule has 3 rings (SSSR count). The van der Waals surface area contributed by atoms with E-state index >= 15 is 0 Å². The number of hydrogen-bond acceptors (Lipinski definition) is 6. The monoisotopic (exact) mass is 383 g/mol. The molecule has 8 heteroatoms. The number of nitrogens with zero attached hydrogens (tertiary/aromatic N) is 3. The van der Waals surface area contributed by atoms with E-state index in [0.29, 0.717) is 16.6 Å². The molecule has 0 aliphatic carbocycles. The summed E-state index contributed by atoms with van der Waals surface area (Å²) in [6, 6.07) is 9.04. The van der Waals surface area contributed by atoms with E-state index in [9.17, 15) is 4.21 Å². The minimum absolute atomic E-state index is 0.423. The molecular formula is C19H21N5O2S. The predicted octanol–water partition coefficient (Wildman–Crippen LogP) is 2.81. The molecule has 0 fully saturated rings. The summed E-state index contributed by atoms with van der Waals surface area (Å²) >= 11 is 0. The van der Waals surface area contributed by atoms with Gasteiger partial charge in [0.25, 0.3) is 0 Å². The highest BCUT2D eigenvalue weighted by molar-refractivity contribution is 7.98. The second kappa shape index (κ2) is 7.73. The maximum absolute atomic E-state index is 12.4.